The monoisotopic (exact) mass is 412 g/mol. The minimum atomic E-state index is -0.281. The highest BCUT2D eigenvalue weighted by molar-refractivity contribution is 6.32. The van der Waals surface area contributed by atoms with Crippen molar-refractivity contribution in [2.45, 2.75) is 27.3 Å². The highest BCUT2D eigenvalue weighted by atomic mass is 35.5. The van der Waals surface area contributed by atoms with E-state index in [-0.39, 0.29) is 5.82 Å². The zero-order valence-corrected chi connectivity index (χ0v) is 16.8. The molecule has 0 amide bonds. The molecule has 3 aromatic heterocycles. The Bertz CT molecular complexity index is 1190. The van der Waals surface area contributed by atoms with Crippen molar-refractivity contribution in [2.75, 3.05) is 0 Å². The Morgan fingerprint density at radius 1 is 1.14 bits per heavy atom. The summed E-state index contributed by atoms with van der Waals surface area (Å²) < 4.78 is 18.0. The summed E-state index contributed by atoms with van der Waals surface area (Å²) >= 11 is 6.51. The van der Waals surface area contributed by atoms with Crippen LogP contribution < -0.4 is 0 Å². The van der Waals surface area contributed by atoms with E-state index in [0.717, 1.165) is 22.6 Å². The third-order valence-electron chi connectivity index (χ3n) is 4.38. The van der Waals surface area contributed by atoms with Crippen LogP contribution in [0.1, 0.15) is 28.2 Å². The molecule has 4 rings (SSSR count). The normalized spacial score (nSPS) is 11.6. The van der Waals surface area contributed by atoms with Crippen LogP contribution in [-0.4, -0.2) is 40.6 Å². The average Bonchev–Trinajstić information content (AvgIpc) is 3.34. The molecule has 0 bridgehead atoms. The van der Waals surface area contributed by atoms with Gasteiger partial charge in [-0.25, -0.2) is 13.8 Å². The quantitative estimate of drug-likeness (QED) is 0.471. The lowest BCUT2D eigenvalue weighted by molar-refractivity contribution is 0.624. The van der Waals surface area contributed by atoms with Crippen LogP contribution in [0.4, 0.5) is 4.39 Å². The summed E-state index contributed by atoms with van der Waals surface area (Å²) in [6.07, 6.45) is 3.11. The van der Waals surface area contributed by atoms with Gasteiger partial charge >= 0.3 is 0 Å². The zero-order chi connectivity index (χ0) is 20.5. The molecule has 10 heteroatoms. The molecule has 0 aliphatic carbocycles. The van der Waals surface area contributed by atoms with E-state index in [1.54, 1.807) is 27.7 Å². The van der Waals surface area contributed by atoms with Crippen LogP contribution in [0.15, 0.2) is 41.8 Å². The molecule has 0 radical (unpaired) electrons. The molecule has 0 unspecified atom stereocenters. The molecule has 0 N–H and O–H groups in total. The van der Waals surface area contributed by atoms with E-state index >= 15 is 0 Å². The maximum atomic E-state index is 13.1. The first kappa shape index (κ1) is 19.0. The smallest absolute Gasteiger partial charge is 0.249 e. The van der Waals surface area contributed by atoms with E-state index in [4.69, 9.17) is 11.6 Å². The molecule has 8 nitrogen and oxygen atoms in total. The number of aryl methyl sites for hydroxylation is 3. The molecule has 29 heavy (non-hydrogen) atoms. The highest BCUT2D eigenvalue weighted by Gasteiger charge is 2.14. The molecule has 148 valence electrons. The molecule has 0 aliphatic heterocycles. The van der Waals surface area contributed by atoms with Gasteiger partial charge in [0.1, 0.15) is 17.3 Å². The van der Waals surface area contributed by atoms with Crippen LogP contribution in [0.25, 0.3) is 5.95 Å². The average molecular weight is 413 g/mol. The largest absolute Gasteiger partial charge is 0.273 e. The van der Waals surface area contributed by atoms with Crippen molar-refractivity contribution in [1.29, 1.82) is 0 Å². The number of hydrogen-bond acceptors (Lipinski definition) is 5. The van der Waals surface area contributed by atoms with Crippen LogP contribution in [-0.2, 0) is 6.54 Å². The van der Waals surface area contributed by atoms with E-state index in [9.17, 15) is 4.39 Å². The number of aromatic nitrogens is 7. The van der Waals surface area contributed by atoms with Gasteiger partial charge in [0.2, 0.25) is 0 Å². The van der Waals surface area contributed by atoms with Gasteiger partial charge < -0.3 is 0 Å². The Hall–Kier alpha value is -3.33. The topological polar surface area (TPSA) is 78.7 Å². The second kappa shape index (κ2) is 7.59. The van der Waals surface area contributed by atoms with Crippen LogP contribution in [0.5, 0.6) is 0 Å². The summed E-state index contributed by atoms with van der Waals surface area (Å²) in [6.45, 7) is 6.12. The maximum absolute atomic E-state index is 13.1. The summed E-state index contributed by atoms with van der Waals surface area (Å²) in [7, 11) is 0. The standard InChI is InChI=1S/C19H18ClFN8/c1-12-8-13(2)29(25-12)19-24-22-11-28(19)23-9-17-14(3)26-27(18(17)20)10-15-4-6-16(21)7-5-15/h4-9,11H,10H2,1-3H3/b23-9-. The van der Waals surface area contributed by atoms with Crippen molar-refractivity contribution in [2.24, 2.45) is 5.10 Å². The lowest BCUT2D eigenvalue weighted by atomic mass is 10.2. The van der Waals surface area contributed by atoms with Crippen molar-refractivity contribution in [3.8, 4) is 5.95 Å². The number of benzene rings is 1. The summed E-state index contributed by atoms with van der Waals surface area (Å²) in [5, 5.41) is 21.8. The number of halogens is 2. The Balaban J connectivity index is 1.62. The molecule has 4 aromatic rings. The predicted molar refractivity (Wildman–Crippen MR) is 107 cm³/mol. The number of nitrogens with zero attached hydrogens (tertiary/aromatic N) is 8. The van der Waals surface area contributed by atoms with Gasteiger partial charge in [0, 0.05) is 5.69 Å². The van der Waals surface area contributed by atoms with Gasteiger partial charge in [0.25, 0.3) is 5.95 Å². The SMILES string of the molecule is Cc1cc(C)n(-c2nncn2/N=C\c2c(C)nn(Cc3ccc(F)cc3)c2Cl)n1. The van der Waals surface area contributed by atoms with Crippen molar-refractivity contribution < 1.29 is 4.39 Å². The molecule has 3 heterocycles. The predicted octanol–water partition coefficient (Wildman–Crippen LogP) is 3.31. The van der Waals surface area contributed by atoms with Crippen molar-refractivity contribution in [1.82, 2.24) is 34.4 Å². The van der Waals surface area contributed by atoms with E-state index < -0.39 is 0 Å². The van der Waals surface area contributed by atoms with Crippen molar-refractivity contribution >= 4 is 17.8 Å². The summed E-state index contributed by atoms with van der Waals surface area (Å²) in [4.78, 5) is 0. The van der Waals surface area contributed by atoms with E-state index in [2.05, 4.69) is 25.5 Å². The van der Waals surface area contributed by atoms with Crippen molar-refractivity contribution in [3.05, 3.63) is 75.8 Å². The van der Waals surface area contributed by atoms with E-state index in [0.29, 0.717) is 23.2 Å². The van der Waals surface area contributed by atoms with Crippen LogP contribution in [0.2, 0.25) is 5.15 Å². The number of rotatable bonds is 5. The Morgan fingerprint density at radius 2 is 1.90 bits per heavy atom. The second-order valence-electron chi connectivity index (χ2n) is 6.63. The lowest BCUT2D eigenvalue weighted by Gasteiger charge is -2.04. The Labute approximate surface area is 171 Å². The third kappa shape index (κ3) is 3.81. The minimum absolute atomic E-state index is 0.281. The molecule has 0 saturated carbocycles. The Kier molecular flexibility index (Phi) is 4.98. The Morgan fingerprint density at radius 3 is 2.59 bits per heavy atom. The molecule has 0 aliphatic rings. The third-order valence-corrected chi connectivity index (χ3v) is 4.78. The molecule has 0 atom stereocenters. The minimum Gasteiger partial charge on any atom is -0.249 e. The van der Waals surface area contributed by atoms with Gasteiger partial charge in [-0.2, -0.15) is 20.0 Å². The molecule has 0 fully saturated rings. The number of hydrogen-bond donors (Lipinski definition) is 0. The summed E-state index contributed by atoms with van der Waals surface area (Å²) in [5.74, 6) is 0.191. The molecular weight excluding hydrogens is 395 g/mol. The first-order valence-corrected chi connectivity index (χ1v) is 9.25. The van der Waals surface area contributed by atoms with Gasteiger partial charge in [0.15, 0.2) is 0 Å². The van der Waals surface area contributed by atoms with E-state index in [1.807, 2.05) is 26.8 Å². The van der Waals surface area contributed by atoms with Gasteiger partial charge in [-0.1, -0.05) is 23.7 Å². The van der Waals surface area contributed by atoms with E-state index in [1.165, 1.54) is 23.1 Å². The first-order chi connectivity index (χ1) is 13.9. The fourth-order valence-electron chi connectivity index (χ4n) is 2.98. The second-order valence-corrected chi connectivity index (χ2v) is 6.99. The molecule has 0 saturated heterocycles. The molecular formula is C19H18ClFN8. The van der Waals surface area contributed by atoms with Gasteiger partial charge in [-0.05, 0) is 44.5 Å². The van der Waals surface area contributed by atoms with Crippen LogP contribution >= 0.6 is 11.6 Å². The first-order valence-electron chi connectivity index (χ1n) is 8.87. The lowest BCUT2D eigenvalue weighted by Crippen LogP contribution is -2.06. The maximum Gasteiger partial charge on any atom is 0.273 e. The molecule has 1 aromatic carbocycles. The van der Waals surface area contributed by atoms with Gasteiger partial charge in [0.05, 0.1) is 29.7 Å². The molecule has 0 spiro atoms. The van der Waals surface area contributed by atoms with Crippen molar-refractivity contribution in [3.63, 3.8) is 0 Å². The van der Waals surface area contributed by atoms with Gasteiger partial charge in [-0.3, -0.25) is 0 Å². The van der Waals surface area contributed by atoms with Crippen LogP contribution in [0.3, 0.4) is 0 Å². The van der Waals surface area contributed by atoms with Crippen LogP contribution in [0, 0.1) is 26.6 Å². The fraction of sp³-hybridized carbons (Fsp3) is 0.211. The summed E-state index contributed by atoms with van der Waals surface area (Å²) in [5.41, 5.74) is 4.10. The highest BCUT2D eigenvalue weighted by Crippen LogP contribution is 2.20. The fourth-order valence-corrected chi connectivity index (χ4v) is 3.26. The van der Waals surface area contributed by atoms with Gasteiger partial charge in [-0.15, -0.1) is 10.2 Å². The summed E-state index contributed by atoms with van der Waals surface area (Å²) in [6, 6.07) is 8.18. The zero-order valence-electron chi connectivity index (χ0n) is 16.1.